The van der Waals surface area contributed by atoms with E-state index in [2.05, 4.69) is 15.1 Å². The van der Waals surface area contributed by atoms with Crippen molar-refractivity contribution in [1.82, 2.24) is 19.5 Å². The van der Waals surface area contributed by atoms with Crippen LogP contribution in [0.1, 0.15) is 48.9 Å². The molecule has 1 aromatic carbocycles. The lowest BCUT2D eigenvalue weighted by Crippen LogP contribution is -2.32. The Balaban J connectivity index is 1.70. The SMILES string of the molecule is CCc1ccc(-n2c(O)c(C=NN3CCCC[C@@H]3c3cccnc3)c(=O)[nH]c2=O)cc1. The van der Waals surface area contributed by atoms with Crippen LogP contribution in [0.25, 0.3) is 5.69 Å². The molecule has 1 fully saturated rings. The lowest BCUT2D eigenvalue weighted by Gasteiger charge is -2.33. The van der Waals surface area contributed by atoms with Crippen LogP contribution in [-0.4, -0.2) is 37.4 Å². The molecule has 3 heterocycles. The minimum atomic E-state index is -0.699. The van der Waals surface area contributed by atoms with Gasteiger partial charge >= 0.3 is 5.69 Å². The van der Waals surface area contributed by atoms with Gasteiger partial charge in [0.15, 0.2) is 0 Å². The van der Waals surface area contributed by atoms with Gasteiger partial charge in [0.1, 0.15) is 5.56 Å². The third-order valence-corrected chi connectivity index (χ3v) is 5.60. The van der Waals surface area contributed by atoms with Crippen molar-refractivity contribution in [2.24, 2.45) is 5.10 Å². The number of rotatable bonds is 5. The lowest BCUT2D eigenvalue weighted by atomic mass is 9.98. The molecule has 1 atom stereocenters. The fraction of sp³-hybridized carbons (Fsp3) is 0.304. The van der Waals surface area contributed by atoms with E-state index in [9.17, 15) is 14.7 Å². The zero-order valence-electron chi connectivity index (χ0n) is 17.4. The molecule has 1 aliphatic rings. The summed E-state index contributed by atoms with van der Waals surface area (Å²) >= 11 is 0. The fourth-order valence-corrected chi connectivity index (χ4v) is 3.87. The zero-order valence-corrected chi connectivity index (χ0v) is 17.4. The summed E-state index contributed by atoms with van der Waals surface area (Å²) in [5.41, 5.74) is 1.19. The van der Waals surface area contributed by atoms with Crippen LogP contribution >= 0.6 is 0 Å². The van der Waals surface area contributed by atoms with Crippen molar-refractivity contribution in [3.8, 4) is 11.6 Å². The van der Waals surface area contributed by atoms with Crippen LogP contribution in [0.3, 0.4) is 0 Å². The molecule has 4 rings (SSSR count). The molecule has 2 aromatic heterocycles. The zero-order chi connectivity index (χ0) is 21.8. The Morgan fingerprint density at radius 1 is 1.23 bits per heavy atom. The number of nitrogens with one attached hydrogen (secondary N) is 1. The number of nitrogens with zero attached hydrogens (tertiary/aromatic N) is 4. The molecule has 1 aliphatic heterocycles. The third-order valence-electron chi connectivity index (χ3n) is 5.60. The largest absolute Gasteiger partial charge is 0.493 e. The van der Waals surface area contributed by atoms with E-state index in [1.165, 1.54) is 6.21 Å². The van der Waals surface area contributed by atoms with E-state index < -0.39 is 17.1 Å². The number of hydrogen-bond donors (Lipinski definition) is 2. The average molecular weight is 419 g/mol. The quantitative estimate of drug-likeness (QED) is 0.619. The molecule has 1 saturated heterocycles. The molecule has 0 aliphatic carbocycles. The van der Waals surface area contributed by atoms with Gasteiger partial charge < -0.3 is 5.11 Å². The van der Waals surface area contributed by atoms with Crippen molar-refractivity contribution in [3.63, 3.8) is 0 Å². The van der Waals surface area contributed by atoms with Gasteiger partial charge in [-0.05, 0) is 55.0 Å². The number of benzene rings is 1. The average Bonchev–Trinajstić information content (AvgIpc) is 2.80. The minimum absolute atomic E-state index is 0.0485. The topological polar surface area (TPSA) is 104 Å². The Bertz CT molecular complexity index is 1180. The van der Waals surface area contributed by atoms with Crippen molar-refractivity contribution in [2.45, 2.75) is 38.6 Å². The number of aromatic nitrogens is 3. The Morgan fingerprint density at radius 3 is 2.74 bits per heavy atom. The van der Waals surface area contributed by atoms with Crippen molar-refractivity contribution >= 4 is 6.21 Å². The summed E-state index contributed by atoms with van der Waals surface area (Å²) < 4.78 is 1.08. The Kier molecular flexibility index (Phi) is 5.97. The highest BCUT2D eigenvalue weighted by molar-refractivity contribution is 5.82. The Hall–Kier alpha value is -3.68. The van der Waals surface area contributed by atoms with Gasteiger partial charge in [0.05, 0.1) is 17.9 Å². The van der Waals surface area contributed by atoms with Gasteiger partial charge in [-0.3, -0.25) is 19.8 Å². The molecule has 160 valence electrons. The predicted molar refractivity (Wildman–Crippen MR) is 119 cm³/mol. The number of aromatic amines is 1. The third kappa shape index (κ3) is 4.28. The van der Waals surface area contributed by atoms with Gasteiger partial charge in [-0.2, -0.15) is 5.10 Å². The fourth-order valence-electron chi connectivity index (χ4n) is 3.87. The summed E-state index contributed by atoms with van der Waals surface area (Å²) in [5, 5.41) is 17.2. The maximum absolute atomic E-state index is 12.4. The second-order valence-corrected chi connectivity index (χ2v) is 7.56. The van der Waals surface area contributed by atoms with Crippen molar-refractivity contribution in [2.75, 3.05) is 6.54 Å². The number of aromatic hydroxyl groups is 1. The van der Waals surface area contributed by atoms with Crippen LogP contribution in [0.2, 0.25) is 0 Å². The number of H-pyrrole nitrogens is 1. The first-order valence-electron chi connectivity index (χ1n) is 10.5. The highest BCUT2D eigenvalue weighted by Crippen LogP contribution is 2.30. The molecule has 31 heavy (non-hydrogen) atoms. The van der Waals surface area contributed by atoms with Gasteiger partial charge in [0.2, 0.25) is 5.88 Å². The normalized spacial score (nSPS) is 16.7. The summed E-state index contributed by atoms with van der Waals surface area (Å²) in [6, 6.07) is 11.2. The van der Waals surface area contributed by atoms with Crippen LogP contribution in [0, 0.1) is 0 Å². The summed E-state index contributed by atoms with van der Waals surface area (Å²) in [5.74, 6) is -0.434. The molecule has 0 radical (unpaired) electrons. The van der Waals surface area contributed by atoms with Crippen LogP contribution in [0.4, 0.5) is 0 Å². The first-order valence-corrected chi connectivity index (χ1v) is 10.5. The molecule has 0 bridgehead atoms. The van der Waals surface area contributed by atoms with E-state index in [0.29, 0.717) is 5.69 Å². The summed E-state index contributed by atoms with van der Waals surface area (Å²) in [6.07, 6.45) is 8.74. The van der Waals surface area contributed by atoms with Gasteiger partial charge in [-0.25, -0.2) is 9.36 Å². The smallest absolute Gasteiger partial charge is 0.335 e. The van der Waals surface area contributed by atoms with Crippen molar-refractivity contribution < 1.29 is 5.11 Å². The van der Waals surface area contributed by atoms with Crippen LogP contribution < -0.4 is 11.2 Å². The van der Waals surface area contributed by atoms with Crippen LogP contribution in [0.5, 0.6) is 5.88 Å². The molecular weight excluding hydrogens is 394 g/mol. The second-order valence-electron chi connectivity index (χ2n) is 7.56. The molecule has 3 aromatic rings. The molecule has 0 unspecified atom stereocenters. The lowest BCUT2D eigenvalue weighted by molar-refractivity contribution is 0.156. The maximum Gasteiger partial charge on any atom is 0.335 e. The molecule has 0 amide bonds. The monoisotopic (exact) mass is 419 g/mol. The van der Waals surface area contributed by atoms with E-state index in [4.69, 9.17) is 0 Å². The summed E-state index contributed by atoms with van der Waals surface area (Å²) in [6.45, 7) is 2.76. The summed E-state index contributed by atoms with van der Waals surface area (Å²) in [7, 11) is 0. The molecule has 8 nitrogen and oxygen atoms in total. The van der Waals surface area contributed by atoms with Crippen molar-refractivity contribution in [3.05, 3.63) is 86.3 Å². The van der Waals surface area contributed by atoms with E-state index in [-0.39, 0.29) is 11.6 Å². The van der Waals surface area contributed by atoms with Crippen molar-refractivity contribution in [1.29, 1.82) is 0 Å². The van der Waals surface area contributed by atoms with Gasteiger partial charge in [0.25, 0.3) is 5.56 Å². The maximum atomic E-state index is 12.4. The first kappa shape index (κ1) is 20.6. The number of pyridine rings is 1. The minimum Gasteiger partial charge on any atom is -0.493 e. The number of aryl methyl sites for hydroxylation is 1. The number of piperidine rings is 1. The van der Waals surface area contributed by atoms with E-state index in [1.54, 1.807) is 18.3 Å². The molecular formula is C23H25N5O3. The number of hydrogen-bond acceptors (Lipinski definition) is 6. The predicted octanol–water partition coefficient (Wildman–Crippen LogP) is 2.75. The van der Waals surface area contributed by atoms with Gasteiger partial charge in [-0.15, -0.1) is 0 Å². The molecule has 0 spiro atoms. The second kappa shape index (κ2) is 8.99. The molecule has 8 heteroatoms. The Labute approximate surface area is 179 Å². The number of hydrazone groups is 1. The van der Waals surface area contributed by atoms with Crippen LogP contribution in [-0.2, 0) is 6.42 Å². The van der Waals surface area contributed by atoms with Gasteiger partial charge in [-0.1, -0.05) is 25.1 Å². The van der Waals surface area contributed by atoms with Gasteiger partial charge in [0, 0.05) is 18.9 Å². The standard InChI is InChI=1S/C23H25N5O3/c1-2-16-8-10-18(11-9-16)28-22(30)19(21(29)26-23(28)31)15-25-27-13-4-3-7-20(27)17-6-5-12-24-14-17/h5-6,8-12,14-15,20,30H,2-4,7,13H2,1H3,(H,26,29,31)/t20-/m1/s1. The first-order chi connectivity index (χ1) is 15.1. The Morgan fingerprint density at radius 2 is 2.03 bits per heavy atom. The molecule has 0 saturated carbocycles. The van der Waals surface area contributed by atoms with E-state index in [1.807, 2.05) is 42.4 Å². The van der Waals surface area contributed by atoms with E-state index in [0.717, 1.165) is 47.9 Å². The highest BCUT2D eigenvalue weighted by Gasteiger charge is 2.23. The van der Waals surface area contributed by atoms with E-state index >= 15 is 0 Å². The van der Waals surface area contributed by atoms with Crippen LogP contribution in [0.15, 0.2) is 63.5 Å². The highest BCUT2D eigenvalue weighted by atomic mass is 16.3. The summed E-state index contributed by atoms with van der Waals surface area (Å²) in [4.78, 5) is 31.3. The molecule has 2 N–H and O–H groups in total.